The Morgan fingerprint density at radius 3 is 2.68 bits per heavy atom. The van der Waals surface area contributed by atoms with Gasteiger partial charge in [-0.2, -0.15) is 4.98 Å². The van der Waals surface area contributed by atoms with Crippen LogP contribution < -0.4 is 16.1 Å². The molecule has 1 saturated heterocycles. The number of imidazole rings is 1. The van der Waals surface area contributed by atoms with Crippen molar-refractivity contribution in [3.8, 4) is 0 Å². The normalized spacial score (nSPS) is 19.3. The molecule has 0 radical (unpaired) electrons. The minimum absolute atomic E-state index is 0.0492. The number of aromatic nitrogens is 6. The van der Waals surface area contributed by atoms with Gasteiger partial charge < -0.3 is 14.2 Å². The first kappa shape index (κ1) is 21.6. The zero-order chi connectivity index (χ0) is 22.1. The minimum Gasteiger partial charge on any atom is -0.372 e. The maximum Gasteiger partial charge on any atom is 0.329 e. The quantitative estimate of drug-likeness (QED) is 0.344. The number of nitrogens with one attached hydrogen (secondary N) is 1. The van der Waals surface area contributed by atoms with Crippen molar-refractivity contribution in [1.82, 2.24) is 29.1 Å². The monoisotopic (exact) mass is 445 g/mol. The Kier molecular flexibility index (Phi) is 6.15. The summed E-state index contributed by atoms with van der Waals surface area (Å²) in [7, 11) is 1.62. The van der Waals surface area contributed by atoms with E-state index in [-0.39, 0.29) is 12.2 Å². The van der Waals surface area contributed by atoms with Crippen molar-refractivity contribution >= 4 is 28.9 Å². The molecule has 3 aromatic heterocycles. The Hall–Kier alpha value is -2.66. The number of thioether (sulfide) groups is 1. The fourth-order valence-corrected chi connectivity index (χ4v) is 4.70. The molecule has 0 spiro atoms. The lowest BCUT2D eigenvalue weighted by Gasteiger charge is -2.36. The van der Waals surface area contributed by atoms with Gasteiger partial charge in [-0.3, -0.25) is 14.3 Å². The van der Waals surface area contributed by atoms with Crippen LogP contribution in [0, 0.1) is 6.92 Å². The Labute approximate surface area is 183 Å². The summed E-state index contributed by atoms with van der Waals surface area (Å²) in [4.78, 5) is 42.8. The van der Waals surface area contributed by atoms with Crippen LogP contribution in [0.1, 0.15) is 26.0 Å². The summed E-state index contributed by atoms with van der Waals surface area (Å²) in [6.45, 7) is 7.92. The number of morpholine rings is 1. The lowest BCUT2D eigenvalue weighted by atomic mass is 10.2. The predicted octanol–water partition coefficient (Wildman–Crippen LogP) is 1.32. The third kappa shape index (κ3) is 4.52. The molecule has 0 amide bonds. The van der Waals surface area contributed by atoms with Gasteiger partial charge in [-0.05, 0) is 33.3 Å². The van der Waals surface area contributed by atoms with Crippen LogP contribution in [0.4, 0.5) is 5.95 Å². The molecule has 0 bridgehead atoms. The molecule has 11 heteroatoms. The van der Waals surface area contributed by atoms with Crippen LogP contribution in [0.15, 0.2) is 27.0 Å². The molecule has 166 valence electrons. The van der Waals surface area contributed by atoms with Gasteiger partial charge in [0.25, 0.3) is 5.56 Å². The summed E-state index contributed by atoms with van der Waals surface area (Å²) >= 11 is 1.58. The smallest absolute Gasteiger partial charge is 0.329 e. The van der Waals surface area contributed by atoms with Crippen molar-refractivity contribution in [2.24, 2.45) is 7.05 Å². The Balaban J connectivity index is 1.64. The first-order chi connectivity index (χ1) is 14.8. The van der Waals surface area contributed by atoms with Crippen molar-refractivity contribution in [3.63, 3.8) is 0 Å². The fraction of sp³-hybridized carbons (Fsp3) is 0.550. The highest BCUT2D eigenvalue weighted by Crippen LogP contribution is 2.24. The summed E-state index contributed by atoms with van der Waals surface area (Å²) in [5, 5.41) is 0.742. The number of fused-ring (bicyclic) bond motifs is 1. The van der Waals surface area contributed by atoms with Crippen molar-refractivity contribution in [3.05, 3.63) is 38.8 Å². The van der Waals surface area contributed by atoms with Crippen molar-refractivity contribution in [1.29, 1.82) is 0 Å². The van der Waals surface area contributed by atoms with Gasteiger partial charge >= 0.3 is 5.69 Å². The topological polar surface area (TPSA) is 111 Å². The van der Waals surface area contributed by atoms with Crippen LogP contribution in [0.25, 0.3) is 11.2 Å². The third-order valence-corrected chi connectivity index (χ3v) is 6.17. The summed E-state index contributed by atoms with van der Waals surface area (Å²) in [6, 6.07) is 1.87. The molecule has 2 unspecified atom stereocenters. The predicted molar refractivity (Wildman–Crippen MR) is 120 cm³/mol. The van der Waals surface area contributed by atoms with Crippen LogP contribution in [0.2, 0.25) is 0 Å². The van der Waals surface area contributed by atoms with E-state index in [0.29, 0.717) is 36.7 Å². The van der Waals surface area contributed by atoms with Crippen molar-refractivity contribution < 1.29 is 4.74 Å². The van der Waals surface area contributed by atoms with Gasteiger partial charge in [0.05, 0.1) is 12.2 Å². The average molecular weight is 446 g/mol. The highest BCUT2D eigenvalue weighted by Gasteiger charge is 2.28. The van der Waals surface area contributed by atoms with E-state index in [2.05, 4.69) is 19.9 Å². The third-order valence-electron chi connectivity index (χ3n) is 5.22. The molecule has 0 saturated carbocycles. The molecule has 1 aliphatic rings. The zero-order valence-electron chi connectivity index (χ0n) is 18.2. The Morgan fingerprint density at radius 1 is 1.23 bits per heavy atom. The number of hydrogen-bond acceptors (Lipinski definition) is 8. The summed E-state index contributed by atoms with van der Waals surface area (Å²) in [6.07, 6.45) is 2.65. The van der Waals surface area contributed by atoms with E-state index in [4.69, 9.17) is 9.72 Å². The maximum absolute atomic E-state index is 12.7. The largest absolute Gasteiger partial charge is 0.372 e. The number of nitrogens with zero attached hydrogens (tertiary/aromatic N) is 6. The second-order valence-electron chi connectivity index (χ2n) is 7.90. The standard InChI is InChI=1S/C20H27N7O3S/c1-12-6-7-21-18(22-12)31-9-5-8-27-15-16(25(4)20(29)24-17(15)28)23-19(27)26-10-13(2)30-14(3)11-26/h6-7,13-14H,5,8-11H2,1-4H3,(H,24,28,29). The molecule has 1 N–H and O–H groups in total. The van der Waals surface area contributed by atoms with E-state index in [1.165, 1.54) is 4.57 Å². The van der Waals surface area contributed by atoms with Gasteiger partial charge in [0, 0.05) is 44.3 Å². The molecule has 4 rings (SSSR count). The van der Waals surface area contributed by atoms with Gasteiger partial charge in [0.2, 0.25) is 5.95 Å². The summed E-state index contributed by atoms with van der Waals surface area (Å²) in [5.74, 6) is 1.49. The van der Waals surface area contributed by atoms with E-state index in [9.17, 15) is 9.59 Å². The van der Waals surface area contributed by atoms with Gasteiger partial charge in [0.15, 0.2) is 16.3 Å². The molecule has 0 aliphatic carbocycles. The molecule has 2 atom stereocenters. The van der Waals surface area contributed by atoms with E-state index >= 15 is 0 Å². The van der Waals surface area contributed by atoms with Crippen molar-refractivity contribution in [2.75, 3.05) is 23.7 Å². The van der Waals surface area contributed by atoms with Crippen LogP contribution in [-0.2, 0) is 18.3 Å². The molecule has 10 nitrogen and oxygen atoms in total. The lowest BCUT2D eigenvalue weighted by Crippen LogP contribution is -2.46. The Bertz CT molecular complexity index is 1190. The molecule has 0 aromatic carbocycles. The highest BCUT2D eigenvalue weighted by molar-refractivity contribution is 7.99. The first-order valence-electron chi connectivity index (χ1n) is 10.4. The number of H-pyrrole nitrogens is 1. The number of aryl methyl sites for hydroxylation is 3. The summed E-state index contributed by atoms with van der Waals surface area (Å²) in [5.41, 5.74) is 0.861. The van der Waals surface area contributed by atoms with Crippen molar-refractivity contribution in [2.45, 2.75) is 51.1 Å². The molecule has 4 heterocycles. The second-order valence-corrected chi connectivity index (χ2v) is 8.96. The van der Waals surface area contributed by atoms with E-state index in [0.717, 1.165) is 23.0 Å². The fourth-order valence-electron chi connectivity index (χ4n) is 3.90. The molecule has 3 aromatic rings. The number of ether oxygens (including phenoxy) is 1. The molecule has 1 fully saturated rings. The zero-order valence-corrected chi connectivity index (χ0v) is 19.0. The van der Waals surface area contributed by atoms with Crippen LogP contribution >= 0.6 is 11.8 Å². The average Bonchev–Trinajstić information content (AvgIpc) is 3.09. The number of anilines is 1. The summed E-state index contributed by atoms with van der Waals surface area (Å²) < 4.78 is 9.17. The van der Waals surface area contributed by atoms with E-state index < -0.39 is 11.2 Å². The molecule has 1 aliphatic heterocycles. The van der Waals surface area contributed by atoms with E-state index in [1.54, 1.807) is 25.0 Å². The molecular formula is C20H27N7O3S. The second kappa shape index (κ2) is 8.83. The SMILES string of the molecule is Cc1ccnc(SCCCn2c(N3CC(C)OC(C)C3)nc3c2c(=O)[nH]c(=O)n3C)n1. The van der Waals surface area contributed by atoms with Gasteiger partial charge in [-0.15, -0.1) is 0 Å². The highest BCUT2D eigenvalue weighted by atomic mass is 32.2. The maximum atomic E-state index is 12.7. The van der Waals surface area contributed by atoms with Gasteiger partial charge in [-0.1, -0.05) is 11.8 Å². The van der Waals surface area contributed by atoms with Gasteiger partial charge in [-0.25, -0.2) is 14.8 Å². The number of rotatable bonds is 6. The van der Waals surface area contributed by atoms with Gasteiger partial charge in [0.1, 0.15) is 0 Å². The number of aromatic amines is 1. The minimum atomic E-state index is -0.468. The molecular weight excluding hydrogens is 418 g/mol. The lowest BCUT2D eigenvalue weighted by molar-refractivity contribution is -0.00588. The van der Waals surface area contributed by atoms with Crippen LogP contribution in [0.5, 0.6) is 0 Å². The van der Waals surface area contributed by atoms with Crippen LogP contribution in [-0.4, -0.2) is 60.1 Å². The Morgan fingerprint density at radius 2 is 1.97 bits per heavy atom. The number of hydrogen-bond donors (Lipinski definition) is 1. The van der Waals surface area contributed by atoms with E-state index in [1.807, 2.05) is 31.4 Å². The molecule has 31 heavy (non-hydrogen) atoms. The van der Waals surface area contributed by atoms with Crippen LogP contribution in [0.3, 0.4) is 0 Å². The first-order valence-corrected chi connectivity index (χ1v) is 11.3.